The number of hydrogen-bond donors (Lipinski definition) is 14. The fourth-order valence-corrected chi connectivity index (χ4v) is 6.66. The van der Waals surface area contributed by atoms with Gasteiger partial charge in [0.25, 0.3) is 0 Å². The molecule has 4 fully saturated rings. The number of aliphatic hydroxyl groups excluding tert-OH is 11. The van der Waals surface area contributed by atoms with Crippen molar-refractivity contribution >= 4 is 22.3 Å². The molecule has 4 rings (SSSR count). The molecular weight excluding hydrogens is 758 g/mol. The second kappa shape index (κ2) is 17.9. The fourth-order valence-electron chi connectivity index (χ4n) is 6.15. The van der Waals surface area contributed by atoms with Crippen molar-refractivity contribution in [1.29, 1.82) is 0 Å². The molecule has 0 aromatic heterocycles. The molecule has 27 heteroatoms. The Morgan fingerprint density at radius 2 is 1.11 bits per heavy atom. The second-order valence-electron chi connectivity index (χ2n) is 12.4. The standard InChI is InChI=1S/C26H43NO25S/c1-5(31)27-9-12(34)17(8(4-30)47-24(9)51-21-13(35)10(32)6(2-28)45-23(21)41)48-25-15(37)18(11(33)7(3-29)46-25)49-26-16(38)19(52-53(42,43)44)14(36)20(50-26)22(39)40/h6-21,23-26,28-30,32-38,41H,2-4H2,1H3,(H,27,31)(H,39,40)(H,42,43,44)/t6-,7-,8-,9-,10-,11+,12-,13+,14+,15-,16-,17-,18+,19+,20+,21+,23-,24+,25+,26-/m1/s1. The van der Waals surface area contributed by atoms with Crippen LogP contribution in [0.2, 0.25) is 0 Å². The maximum atomic E-state index is 12.1. The van der Waals surface area contributed by atoms with Gasteiger partial charge in [-0.15, -0.1) is 0 Å². The van der Waals surface area contributed by atoms with Crippen molar-refractivity contribution in [2.24, 2.45) is 0 Å². The molecule has 308 valence electrons. The van der Waals surface area contributed by atoms with E-state index in [2.05, 4.69) is 9.50 Å². The lowest BCUT2D eigenvalue weighted by Crippen LogP contribution is -2.69. The van der Waals surface area contributed by atoms with Crippen LogP contribution in [0.25, 0.3) is 0 Å². The van der Waals surface area contributed by atoms with E-state index in [-0.39, 0.29) is 0 Å². The van der Waals surface area contributed by atoms with Crippen LogP contribution >= 0.6 is 0 Å². The van der Waals surface area contributed by atoms with E-state index < -0.39 is 165 Å². The molecule has 20 atom stereocenters. The van der Waals surface area contributed by atoms with Crippen molar-refractivity contribution in [3.8, 4) is 0 Å². The van der Waals surface area contributed by atoms with Gasteiger partial charge in [-0.25, -0.2) is 8.98 Å². The van der Waals surface area contributed by atoms with Gasteiger partial charge < -0.3 is 99.8 Å². The van der Waals surface area contributed by atoms with Crippen molar-refractivity contribution < 1.29 is 121 Å². The smallest absolute Gasteiger partial charge is 0.397 e. The van der Waals surface area contributed by atoms with Gasteiger partial charge in [0.15, 0.2) is 31.3 Å². The summed E-state index contributed by atoms with van der Waals surface area (Å²) in [5.74, 6) is -2.75. The average molecular weight is 802 g/mol. The third-order valence-corrected chi connectivity index (χ3v) is 9.25. The van der Waals surface area contributed by atoms with Gasteiger partial charge in [-0.05, 0) is 0 Å². The molecule has 4 saturated heterocycles. The number of amides is 1. The van der Waals surface area contributed by atoms with Gasteiger partial charge in [-0.3, -0.25) is 9.35 Å². The normalized spacial score (nSPS) is 46.8. The summed E-state index contributed by atoms with van der Waals surface area (Å²) in [6, 6.07) is -1.69. The minimum absolute atomic E-state index is 0.806. The van der Waals surface area contributed by atoms with Crippen molar-refractivity contribution in [3.05, 3.63) is 0 Å². The Morgan fingerprint density at radius 3 is 1.66 bits per heavy atom. The lowest BCUT2D eigenvalue weighted by molar-refractivity contribution is -0.381. The number of aliphatic carboxylic acids is 1. The molecule has 53 heavy (non-hydrogen) atoms. The summed E-state index contributed by atoms with van der Waals surface area (Å²) in [5, 5.41) is 127. The van der Waals surface area contributed by atoms with Gasteiger partial charge in [-0.2, -0.15) is 8.42 Å². The predicted octanol–water partition coefficient (Wildman–Crippen LogP) is -9.69. The molecule has 26 nitrogen and oxygen atoms in total. The molecule has 0 saturated carbocycles. The summed E-state index contributed by atoms with van der Waals surface area (Å²) >= 11 is 0. The van der Waals surface area contributed by atoms with E-state index in [1.54, 1.807) is 0 Å². The number of ether oxygens (including phenoxy) is 7. The minimum Gasteiger partial charge on any atom is -0.479 e. The van der Waals surface area contributed by atoms with Gasteiger partial charge in [0.05, 0.1) is 19.8 Å². The van der Waals surface area contributed by atoms with Crippen LogP contribution in [0, 0.1) is 0 Å². The molecule has 4 aliphatic rings. The van der Waals surface area contributed by atoms with Crippen molar-refractivity contribution in [2.75, 3.05) is 19.8 Å². The van der Waals surface area contributed by atoms with Crippen LogP contribution in [0.1, 0.15) is 6.92 Å². The van der Waals surface area contributed by atoms with Gasteiger partial charge in [0, 0.05) is 6.92 Å². The first kappa shape index (κ1) is 43.8. The van der Waals surface area contributed by atoms with Gasteiger partial charge >= 0.3 is 16.4 Å². The quantitative estimate of drug-likeness (QED) is 0.0769. The van der Waals surface area contributed by atoms with Gasteiger partial charge in [-0.1, -0.05) is 0 Å². The average Bonchev–Trinajstić information content (AvgIpc) is 3.08. The van der Waals surface area contributed by atoms with Gasteiger partial charge in [0.2, 0.25) is 5.91 Å². The topological polar surface area (TPSA) is 417 Å². The number of aliphatic hydroxyl groups is 11. The molecule has 0 bridgehead atoms. The Morgan fingerprint density at radius 1 is 0.604 bits per heavy atom. The van der Waals surface area contributed by atoms with Crippen LogP contribution < -0.4 is 5.32 Å². The zero-order valence-electron chi connectivity index (χ0n) is 27.3. The molecule has 4 aliphatic heterocycles. The predicted molar refractivity (Wildman–Crippen MR) is 156 cm³/mol. The first-order valence-electron chi connectivity index (χ1n) is 15.7. The lowest BCUT2D eigenvalue weighted by Gasteiger charge is -2.49. The highest BCUT2D eigenvalue weighted by Gasteiger charge is 2.57. The summed E-state index contributed by atoms with van der Waals surface area (Å²) in [6.45, 7) is -1.85. The molecule has 1 amide bonds. The molecule has 0 aromatic rings. The van der Waals surface area contributed by atoms with Crippen molar-refractivity contribution in [3.63, 3.8) is 0 Å². The van der Waals surface area contributed by atoms with E-state index in [1.807, 2.05) is 0 Å². The van der Waals surface area contributed by atoms with E-state index in [4.69, 9.17) is 37.7 Å². The largest absolute Gasteiger partial charge is 0.479 e. The van der Waals surface area contributed by atoms with E-state index in [9.17, 15) is 79.3 Å². The van der Waals surface area contributed by atoms with E-state index in [0.29, 0.717) is 0 Å². The first-order valence-corrected chi connectivity index (χ1v) is 17.1. The number of carbonyl (C=O) groups excluding carboxylic acids is 1. The second-order valence-corrected chi connectivity index (χ2v) is 13.5. The molecule has 14 N–H and O–H groups in total. The van der Waals surface area contributed by atoms with E-state index >= 15 is 0 Å². The van der Waals surface area contributed by atoms with Crippen LogP contribution in [0.15, 0.2) is 0 Å². The molecule has 0 aromatic carbocycles. The molecule has 0 unspecified atom stereocenters. The number of carboxylic acid groups (broad SMARTS) is 1. The molecule has 4 heterocycles. The fraction of sp³-hybridized carbons (Fsp3) is 0.923. The summed E-state index contributed by atoms with van der Waals surface area (Å²) < 4.78 is 73.8. The molecular formula is C26H43NO25S. The number of hydrogen-bond acceptors (Lipinski definition) is 23. The van der Waals surface area contributed by atoms with Crippen molar-refractivity contribution in [2.45, 2.75) is 130 Å². The molecule has 0 spiro atoms. The van der Waals surface area contributed by atoms with E-state index in [1.165, 1.54) is 0 Å². The number of carboxylic acids is 1. The Bertz CT molecular complexity index is 1340. The Kier molecular flexibility index (Phi) is 14.8. The highest BCUT2D eigenvalue weighted by Crippen LogP contribution is 2.34. The Balaban J connectivity index is 1.57. The summed E-state index contributed by atoms with van der Waals surface area (Å²) in [7, 11) is -5.44. The van der Waals surface area contributed by atoms with E-state index in [0.717, 1.165) is 6.92 Å². The van der Waals surface area contributed by atoms with Crippen LogP contribution in [-0.4, -0.2) is 229 Å². The zero-order valence-corrected chi connectivity index (χ0v) is 28.1. The Labute approximate surface area is 298 Å². The summed E-state index contributed by atoms with van der Waals surface area (Å²) in [4.78, 5) is 23.8. The van der Waals surface area contributed by atoms with Crippen LogP contribution in [0.3, 0.4) is 0 Å². The summed E-state index contributed by atoms with van der Waals surface area (Å²) in [5.41, 5.74) is 0. The SMILES string of the molecule is CC(=O)N[C@H]1[C@H](O[C@H]2[C@@H](O)[C@H](O)[C@@H](CO)O[C@H]2O)O[C@H](CO)[C@@H](O[C@@H]2O[C@H](CO)[C@H](O)[C@H](O[C@@H]3O[C@H](C(=O)O)[C@@H](O)[C@H](OS(=O)(=O)O)[C@H]3O)[C@H]2O)[C@@H]1O. The van der Waals surface area contributed by atoms with Crippen LogP contribution in [0.4, 0.5) is 0 Å². The maximum Gasteiger partial charge on any atom is 0.397 e. The number of nitrogens with one attached hydrogen (secondary N) is 1. The highest BCUT2D eigenvalue weighted by atomic mass is 32.3. The van der Waals surface area contributed by atoms with Crippen molar-refractivity contribution in [1.82, 2.24) is 5.32 Å². The lowest BCUT2D eigenvalue weighted by atomic mass is 9.94. The molecule has 0 aliphatic carbocycles. The van der Waals surface area contributed by atoms with Crippen LogP contribution in [0.5, 0.6) is 0 Å². The third kappa shape index (κ3) is 9.73. The minimum atomic E-state index is -5.44. The Hall–Kier alpha value is -1.91. The third-order valence-electron chi connectivity index (χ3n) is 8.78. The monoisotopic (exact) mass is 801 g/mol. The van der Waals surface area contributed by atoms with Crippen LogP contribution in [-0.2, 0) is 57.3 Å². The zero-order chi connectivity index (χ0) is 39.7. The molecule has 0 radical (unpaired) electrons. The van der Waals surface area contributed by atoms with Gasteiger partial charge in [0.1, 0.15) is 91.5 Å². The first-order chi connectivity index (χ1) is 24.7. The maximum absolute atomic E-state index is 12.1. The number of carbonyl (C=O) groups is 2. The number of rotatable bonds is 13. The summed E-state index contributed by atoms with van der Waals surface area (Å²) in [6.07, 6.45) is -38.6. The highest BCUT2D eigenvalue weighted by molar-refractivity contribution is 7.80.